The molecule has 2 rings (SSSR count). The Bertz CT molecular complexity index is 509. The van der Waals surface area contributed by atoms with Gasteiger partial charge < -0.3 is 9.94 Å². The molecule has 0 aliphatic carbocycles. The summed E-state index contributed by atoms with van der Waals surface area (Å²) < 4.78 is 5.47. The molecular weight excluding hydrogens is 218 g/mol. The lowest BCUT2D eigenvalue weighted by atomic mass is 10.1. The molecule has 0 radical (unpaired) electrons. The van der Waals surface area contributed by atoms with Crippen molar-refractivity contribution in [2.24, 2.45) is 5.16 Å². The van der Waals surface area contributed by atoms with Gasteiger partial charge in [0, 0.05) is 12.4 Å². The fraction of sp³-hybridized carbons (Fsp3) is 0.0833. The SMILES string of the molecule is C/C(=N/O)c1ccc(Oc2cnccn2)cc1. The maximum atomic E-state index is 8.63. The van der Waals surface area contributed by atoms with Gasteiger partial charge in [-0.15, -0.1) is 0 Å². The Balaban J connectivity index is 2.14. The predicted octanol–water partition coefficient (Wildman–Crippen LogP) is 2.47. The fourth-order valence-electron chi connectivity index (χ4n) is 1.28. The normalized spacial score (nSPS) is 11.2. The number of rotatable bonds is 3. The highest BCUT2D eigenvalue weighted by atomic mass is 16.5. The van der Waals surface area contributed by atoms with Crippen molar-refractivity contribution in [1.82, 2.24) is 9.97 Å². The van der Waals surface area contributed by atoms with Crippen molar-refractivity contribution in [3.8, 4) is 11.6 Å². The van der Waals surface area contributed by atoms with Crippen LogP contribution in [0, 0.1) is 0 Å². The molecule has 2 aromatic rings. The van der Waals surface area contributed by atoms with Gasteiger partial charge in [-0.2, -0.15) is 0 Å². The Hall–Kier alpha value is -2.43. The van der Waals surface area contributed by atoms with Gasteiger partial charge >= 0.3 is 0 Å². The Kier molecular flexibility index (Phi) is 3.30. The summed E-state index contributed by atoms with van der Waals surface area (Å²) in [6.07, 6.45) is 4.68. The number of aromatic nitrogens is 2. The predicted molar refractivity (Wildman–Crippen MR) is 62.5 cm³/mol. The maximum absolute atomic E-state index is 8.63. The number of oxime groups is 1. The molecular formula is C12H11N3O2. The van der Waals surface area contributed by atoms with Crippen LogP contribution in [0.3, 0.4) is 0 Å². The van der Waals surface area contributed by atoms with E-state index in [4.69, 9.17) is 9.94 Å². The van der Waals surface area contributed by atoms with E-state index in [-0.39, 0.29) is 0 Å². The van der Waals surface area contributed by atoms with E-state index in [0.29, 0.717) is 17.3 Å². The van der Waals surface area contributed by atoms with Crippen molar-refractivity contribution < 1.29 is 9.94 Å². The molecule has 86 valence electrons. The summed E-state index contributed by atoms with van der Waals surface area (Å²) in [6.45, 7) is 1.72. The molecule has 0 bridgehead atoms. The number of hydrogen-bond acceptors (Lipinski definition) is 5. The molecule has 0 fully saturated rings. The van der Waals surface area contributed by atoms with Crippen LogP contribution in [-0.4, -0.2) is 20.9 Å². The minimum absolute atomic E-state index is 0.438. The molecule has 1 aromatic carbocycles. The molecule has 17 heavy (non-hydrogen) atoms. The average Bonchev–Trinajstić information content (AvgIpc) is 2.40. The fourth-order valence-corrected chi connectivity index (χ4v) is 1.28. The van der Waals surface area contributed by atoms with Gasteiger partial charge in [-0.1, -0.05) is 5.16 Å². The molecule has 0 unspecified atom stereocenters. The van der Waals surface area contributed by atoms with Crippen LogP contribution in [0.25, 0.3) is 0 Å². The van der Waals surface area contributed by atoms with Gasteiger partial charge in [0.2, 0.25) is 5.88 Å². The molecule has 0 spiro atoms. The van der Waals surface area contributed by atoms with E-state index in [0.717, 1.165) is 5.56 Å². The summed E-state index contributed by atoms with van der Waals surface area (Å²) in [6, 6.07) is 7.17. The zero-order valence-electron chi connectivity index (χ0n) is 9.24. The summed E-state index contributed by atoms with van der Waals surface area (Å²) in [5, 5.41) is 11.8. The summed E-state index contributed by atoms with van der Waals surface area (Å²) in [5.74, 6) is 1.09. The number of ether oxygens (including phenoxy) is 1. The third-order valence-corrected chi connectivity index (χ3v) is 2.18. The lowest BCUT2D eigenvalue weighted by Crippen LogP contribution is -1.94. The van der Waals surface area contributed by atoms with Gasteiger partial charge in [0.05, 0.1) is 11.9 Å². The zero-order chi connectivity index (χ0) is 12.1. The highest BCUT2D eigenvalue weighted by molar-refractivity contribution is 5.98. The molecule has 0 saturated carbocycles. The van der Waals surface area contributed by atoms with Crippen LogP contribution in [0.2, 0.25) is 0 Å². The molecule has 1 heterocycles. The van der Waals surface area contributed by atoms with E-state index in [9.17, 15) is 0 Å². The van der Waals surface area contributed by atoms with E-state index in [1.54, 1.807) is 43.6 Å². The minimum atomic E-state index is 0.438. The Labute approximate surface area is 98.4 Å². The van der Waals surface area contributed by atoms with E-state index in [1.807, 2.05) is 0 Å². The minimum Gasteiger partial charge on any atom is -0.438 e. The number of nitrogens with zero attached hydrogens (tertiary/aromatic N) is 3. The average molecular weight is 229 g/mol. The molecule has 5 nitrogen and oxygen atoms in total. The topological polar surface area (TPSA) is 67.6 Å². The van der Waals surface area contributed by atoms with Crippen molar-refractivity contribution in [1.29, 1.82) is 0 Å². The van der Waals surface area contributed by atoms with Crippen LogP contribution in [0.1, 0.15) is 12.5 Å². The lowest BCUT2D eigenvalue weighted by molar-refractivity contribution is 0.319. The van der Waals surface area contributed by atoms with Gasteiger partial charge in [0.1, 0.15) is 5.75 Å². The summed E-state index contributed by atoms with van der Waals surface area (Å²) in [5.41, 5.74) is 1.38. The van der Waals surface area contributed by atoms with E-state index in [2.05, 4.69) is 15.1 Å². The van der Waals surface area contributed by atoms with Crippen molar-refractivity contribution >= 4 is 5.71 Å². The molecule has 0 saturated heterocycles. The number of benzene rings is 1. The summed E-state index contributed by atoms with van der Waals surface area (Å²) in [4.78, 5) is 7.90. The highest BCUT2D eigenvalue weighted by Gasteiger charge is 2.00. The van der Waals surface area contributed by atoms with Gasteiger partial charge in [-0.25, -0.2) is 4.98 Å². The second-order valence-corrected chi connectivity index (χ2v) is 3.36. The molecule has 1 aromatic heterocycles. The third-order valence-electron chi connectivity index (χ3n) is 2.18. The van der Waals surface area contributed by atoms with Gasteiger partial charge in [0.25, 0.3) is 0 Å². The molecule has 5 heteroatoms. The van der Waals surface area contributed by atoms with Gasteiger partial charge in [-0.05, 0) is 36.8 Å². The standard InChI is InChI=1S/C12H11N3O2/c1-9(15-16)10-2-4-11(5-3-10)17-12-8-13-6-7-14-12/h2-8,16H,1H3/b15-9-. The van der Waals surface area contributed by atoms with Crippen molar-refractivity contribution in [3.63, 3.8) is 0 Å². The molecule has 0 aliphatic heterocycles. The van der Waals surface area contributed by atoms with Crippen LogP contribution < -0.4 is 4.74 Å². The second-order valence-electron chi connectivity index (χ2n) is 3.36. The first-order chi connectivity index (χ1) is 8.29. The largest absolute Gasteiger partial charge is 0.438 e. The third kappa shape index (κ3) is 2.78. The Morgan fingerprint density at radius 3 is 2.59 bits per heavy atom. The monoisotopic (exact) mass is 229 g/mol. The van der Waals surface area contributed by atoms with Crippen LogP contribution in [0.5, 0.6) is 11.6 Å². The second kappa shape index (κ2) is 5.07. The molecule has 0 aliphatic rings. The zero-order valence-corrected chi connectivity index (χ0v) is 9.24. The van der Waals surface area contributed by atoms with Crippen molar-refractivity contribution in [2.45, 2.75) is 6.92 Å². The van der Waals surface area contributed by atoms with E-state index < -0.39 is 0 Å². The van der Waals surface area contributed by atoms with Crippen molar-refractivity contribution in [2.75, 3.05) is 0 Å². The smallest absolute Gasteiger partial charge is 0.237 e. The van der Waals surface area contributed by atoms with Gasteiger partial charge in [-0.3, -0.25) is 4.98 Å². The highest BCUT2D eigenvalue weighted by Crippen LogP contribution is 2.18. The van der Waals surface area contributed by atoms with Crippen LogP contribution in [0.15, 0.2) is 48.0 Å². The van der Waals surface area contributed by atoms with Gasteiger partial charge in [0.15, 0.2) is 0 Å². The Morgan fingerprint density at radius 1 is 1.24 bits per heavy atom. The molecule has 1 N–H and O–H groups in total. The van der Waals surface area contributed by atoms with Crippen molar-refractivity contribution in [3.05, 3.63) is 48.4 Å². The van der Waals surface area contributed by atoms with E-state index >= 15 is 0 Å². The van der Waals surface area contributed by atoms with Crippen LogP contribution in [-0.2, 0) is 0 Å². The number of hydrogen-bond donors (Lipinski definition) is 1. The lowest BCUT2D eigenvalue weighted by Gasteiger charge is -2.04. The summed E-state index contributed by atoms with van der Waals surface area (Å²) in [7, 11) is 0. The van der Waals surface area contributed by atoms with Crippen LogP contribution in [0.4, 0.5) is 0 Å². The molecule has 0 atom stereocenters. The summed E-state index contributed by atoms with van der Waals surface area (Å²) >= 11 is 0. The Morgan fingerprint density at radius 2 is 2.00 bits per heavy atom. The van der Waals surface area contributed by atoms with E-state index in [1.165, 1.54) is 6.20 Å². The first kappa shape index (κ1) is 11.1. The maximum Gasteiger partial charge on any atom is 0.237 e. The quantitative estimate of drug-likeness (QED) is 0.498. The van der Waals surface area contributed by atoms with Crippen LogP contribution >= 0.6 is 0 Å². The molecule has 0 amide bonds. The first-order valence-corrected chi connectivity index (χ1v) is 5.02. The first-order valence-electron chi connectivity index (χ1n) is 5.02.